The molecule has 0 saturated carbocycles. The number of aliphatic hydroxyl groups is 1. The maximum Gasteiger partial charge on any atom is 0.131 e. The summed E-state index contributed by atoms with van der Waals surface area (Å²) in [6.45, 7) is 3.55. The number of ether oxygens (including phenoxy) is 2. The molecule has 4 nitrogen and oxygen atoms in total. The molecule has 0 spiro atoms. The lowest BCUT2D eigenvalue weighted by Gasteiger charge is -2.28. The first-order valence-corrected chi connectivity index (χ1v) is 8.41. The van der Waals surface area contributed by atoms with E-state index in [1.165, 1.54) is 5.56 Å². The summed E-state index contributed by atoms with van der Waals surface area (Å²) < 4.78 is 12.2. The summed E-state index contributed by atoms with van der Waals surface area (Å²) in [5.74, 6) is 1.98. The predicted molar refractivity (Wildman–Crippen MR) is 90.7 cm³/mol. The molecule has 0 aromatic heterocycles. The maximum absolute atomic E-state index is 10.3. The molecule has 0 radical (unpaired) electrons. The van der Waals surface area contributed by atoms with Gasteiger partial charge in [-0.2, -0.15) is 0 Å². The number of aryl methyl sites for hydroxylation is 1. The van der Waals surface area contributed by atoms with Crippen molar-refractivity contribution in [1.82, 2.24) is 0 Å². The van der Waals surface area contributed by atoms with Gasteiger partial charge in [0.2, 0.25) is 0 Å². The third-order valence-corrected chi connectivity index (χ3v) is 4.95. The van der Waals surface area contributed by atoms with Crippen molar-refractivity contribution >= 4 is 0 Å². The molecule has 2 aromatic carbocycles. The largest absolute Gasteiger partial charge is 0.508 e. The van der Waals surface area contributed by atoms with Crippen molar-refractivity contribution in [3.05, 3.63) is 53.1 Å². The quantitative estimate of drug-likeness (QED) is 0.886. The average molecular weight is 326 g/mol. The first kappa shape index (κ1) is 15.3. The maximum atomic E-state index is 10.3. The van der Waals surface area contributed by atoms with Crippen molar-refractivity contribution in [3.63, 3.8) is 0 Å². The van der Waals surface area contributed by atoms with Crippen LogP contribution in [0.3, 0.4) is 0 Å². The summed E-state index contributed by atoms with van der Waals surface area (Å²) in [6.07, 6.45) is 2.24. The summed E-state index contributed by atoms with van der Waals surface area (Å²) >= 11 is 0. The summed E-state index contributed by atoms with van der Waals surface area (Å²) in [7, 11) is 0. The highest BCUT2D eigenvalue weighted by molar-refractivity contribution is 5.54. The molecule has 0 amide bonds. The standard InChI is InChI=1S/C20H22O4/c1-20(2,22)18-11-15-17(23-18)10-6-13-5-9-16(24-19(13)15)12-3-7-14(21)8-4-12/h3-4,6-8,10,16,18,21-22H,5,9,11H2,1-2H3/t16-,18+/m1/s1. The molecule has 2 heterocycles. The van der Waals surface area contributed by atoms with Crippen LogP contribution in [0.5, 0.6) is 17.2 Å². The zero-order chi connectivity index (χ0) is 16.9. The first-order valence-electron chi connectivity index (χ1n) is 8.41. The van der Waals surface area contributed by atoms with Gasteiger partial charge in [0.05, 0.1) is 5.60 Å². The number of phenolic OH excluding ortho intramolecular Hbond substituents is 1. The molecule has 2 aromatic rings. The van der Waals surface area contributed by atoms with Crippen molar-refractivity contribution in [3.8, 4) is 17.2 Å². The third-order valence-electron chi connectivity index (χ3n) is 4.95. The monoisotopic (exact) mass is 326 g/mol. The number of hydrogen-bond donors (Lipinski definition) is 2. The number of hydrogen-bond acceptors (Lipinski definition) is 4. The predicted octanol–water partition coefficient (Wildman–Crippen LogP) is 3.53. The fourth-order valence-electron chi connectivity index (χ4n) is 3.49. The molecule has 0 bridgehead atoms. The topological polar surface area (TPSA) is 58.9 Å². The number of benzene rings is 2. The van der Waals surface area contributed by atoms with E-state index >= 15 is 0 Å². The van der Waals surface area contributed by atoms with Crippen LogP contribution in [0.4, 0.5) is 0 Å². The number of phenols is 1. The van der Waals surface area contributed by atoms with Crippen molar-refractivity contribution in [2.45, 2.75) is 50.9 Å². The number of fused-ring (bicyclic) bond motifs is 3. The van der Waals surface area contributed by atoms with Crippen molar-refractivity contribution in [2.75, 3.05) is 0 Å². The molecule has 0 fully saturated rings. The van der Waals surface area contributed by atoms with E-state index in [1.807, 2.05) is 18.2 Å². The highest BCUT2D eigenvalue weighted by Crippen LogP contribution is 2.45. The van der Waals surface area contributed by atoms with Gasteiger partial charge in [-0.3, -0.25) is 0 Å². The Morgan fingerprint density at radius 3 is 2.50 bits per heavy atom. The van der Waals surface area contributed by atoms with Crippen LogP contribution in [0.15, 0.2) is 36.4 Å². The van der Waals surface area contributed by atoms with Crippen LogP contribution in [0.25, 0.3) is 0 Å². The van der Waals surface area contributed by atoms with Crippen LogP contribution in [0, 0.1) is 0 Å². The highest BCUT2D eigenvalue weighted by Gasteiger charge is 2.38. The lowest BCUT2D eigenvalue weighted by molar-refractivity contribution is -0.0230. The Kier molecular flexibility index (Phi) is 3.46. The molecule has 0 aliphatic carbocycles. The molecule has 24 heavy (non-hydrogen) atoms. The molecular weight excluding hydrogens is 304 g/mol. The smallest absolute Gasteiger partial charge is 0.131 e. The zero-order valence-corrected chi connectivity index (χ0v) is 14.0. The molecule has 2 aliphatic heterocycles. The van der Waals surface area contributed by atoms with Gasteiger partial charge in [0.15, 0.2) is 0 Å². The number of aromatic hydroxyl groups is 1. The average Bonchev–Trinajstić information content (AvgIpc) is 3.00. The Balaban J connectivity index is 1.65. The summed E-state index contributed by atoms with van der Waals surface area (Å²) in [5.41, 5.74) is 2.43. The molecule has 126 valence electrons. The molecule has 0 unspecified atom stereocenters. The normalized spacial score (nSPS) is 22.3. The van der Waals surface area contributed by atoms with Gasteiger partial charge < -0.3 is 19.7 Å². The molecular formula is C20H22O4. The first-order chi connectivity index (χ1) is 11.4. The molecule has 4 rings (SSSR count). The van der Waals surface area contributed by atoms with Crippen LogP contribution in [-0.2, 0) is 12.8 Å². The lowest BCUT2D eigenvalue weighted by Crippen LogP contribution is -2.39. The van der Waals surface area contributed by atoms with E-state index in [2.05, 4.69) is 6.07 Å². The molecule has 4 heteroatoms. The fraction of sp³-hybridized carbons (Fsp3) is 0.400. The summed E-state index contributed by atoms with van der Waals surface area (Å²) in [6, 6.07) is 11.3. The molecule has 2 aliphatic rings. The minimum absolute atomic E-state index is 0.0224. The molecule has 2 N–H and O–H groups in total. The minimum Gasteiger partial charge on any atom is -0.508 e. The van der Waals surface area contributed by atoms with Gasteiger partial charge in [-0.1, -0.05) is 18.2 Å². The molecule has 0 saturated heterocycles. The van der Waals surface area contributed by atoms with Crippen molar-refractivity contribution in [1.29, 1.82) is 0 Å². The van der Waals surface area contributed by atoms with Crippen LogP contribution >= 0.6 is 0 Å². The molecule has 2 atom stereocenters. The van der Waals surface area contributed by atoms with Crippen LogP contribution in [0.1, 0.15) is 43.1 Å². The lowest BCUT2D eigenvalue weighted by atomic mass is 9.92. The van der Waals surface area contributed by atoms with Gasteiger partial charge >= 0.3 is 0 Å². The van der Waals surface area contributed by atoms with Crippen LogP contribution in [-0.4, -0.2) is 21.9 Å². The second-order valence-corrected chi connectivity index (χ2v) is 7.23. The Hall–Kier alpha value is -2.20. The fourth-order valence-corrected chi connectivity index (χ4v) is 3.49. The Morgan fingerprint density at radius 1 is 1.04 bits per heavy atom. The van der Waals surface area contributed by atoms with E-state index < -0.39 is 5.60 Å². The minimum atomic E-state index is -0.892. The van der Waals surface area contributed by atoms with E-state index in [-0.39, 0.29) is 18.0 Å². The van der Waals surface area contributed by atoms with Crippen LogP contribution in [0.2, 0.25) is 0 Å². The SMILES string of the molecule is CC(C)(O)[C@@H]1Cc2c(ccc3c2O[C@@H](c2ccc(O)cc2)CC3)O1. The van der Waals surface area contributed by atoms with Crippen molar-refractivity contribution < 1.29 is 19.7 Å². The zero-order valence-electron chi connectivity index (χ0n) is 14.0. The Labute approximate surface area is 141 Å². The van der Waals surface area contributed by atoms with Crippen molar-refractivity contribution in [2.24, 2.45) is 0 Å². The second kappa shape index (κ2) is 5.42. The number of rotatable bonds is 2. The van der Waals surface area contributed by atoms with E-state index in [1.54, 1.807) is 26.0 Å². The summed E-state index contributed by atoms with van der Waals surface area (Å²) in [4.78, 5) is 0. The third kappa shape index (κ3) is 2.61. The van der Waals surface area contributed by atoms with Gasteiger partial charge in [-0.25, -0.2) is 0 Å². The van der Waals surface area contributed by atoms with Gasteiger partial charge in [0.25, 0.3) is 0 Å². The van der Waals surface area contributed by atoms with Gasteiger partial charge in [-0.15, -0.1) is 0 Å². The van der Waals surface area contributed by atoms with E-state index in [0.717, 1.165) is 35.5 Å². The van der Waals surface area contributed by atoms with Gasteiger partial charge in [0, 0.05) is 12.0 Å². The highest BCUT2D eigenvalue weighted by atomic mass is 16.5. The van der Waals surface area contributed by atoms with E-state index in [0.29, 0.717) is 6.42 Å². The van der Waals surface area contributed by atoms with Crippen LogP contribution < -0.4 is 9.47 Å². The Bertz CT molecular complexity index is 758. The van der Waals surface area contributed by atoms with Gasteiger partial charge in [-0.05, 0) is 56.0 Å². The summed E-state index contributed by atoms with van der Waals surface area (Å²) in [5, 5.41) is 19.7. The van der Waals surface area contributed by atoms with E-state index in [4.69, 9.17) is 9.47 Å². The Morgan fingerprint density at radius 2 is 1.79 bits per heavy atom. The second-order valence-electron chi connectivity index (χ2n) is 7.23. The van der Waals surface area contributed by atoms with Gasteiger partial charge in [0.1, 0.15) is 29.5 Å². The van der Waals surface area contributed by atoms with E-state index in [9.17, 15) is 10.2 Å².